The second kappa shape index (κ2) is 5.78. The zero-order chi connectivity index (χ0) is 11.3. The average Bonchev–Trinajstić information content (AvgIpc) is 2.62. The first kappa shape index (κ1) is 12.1. The van der Waals surface area contributed by atoms with Crippen LogP contribution in [0, 0.1) is 0 Å². The number of carbonyl (C=O) groups is 1. The first-order chi connectivity index (χ1) is 7.13. The largest absolute Gasteiger partial charge is 0.391 e. The molecule has 1 aromatic heterocycles. The molecule has 1 heterocycles. The molecule has 0 aromatic carbocycles. The van der Waals surface area contributed by atoms with Crippen molar-refractivity contribution in [2.75, 3.05) is 6.54 Å². The summed E-state index contributed by atoms with van der Waals surface area (Å²) in [5.74, 6) is -0.253. The summed E-state index contributed by atoms with van der Waals surface area (Å²) in [4.78, 5) is 14.2. The van der Waals surface area contributed by atoms with E-state index in [-0.39, 0.29) is 12.5 Å². The normalized spacial score (nSPS) is 12.5. The Morgan fingerprint density at radius 2 is 2.47 bits per heavy atom. The van der Waals surface area contributed by atoms with Crippen molar-refractivity contribution in [2.24, 2.45) is 0 Å². The summed E-state index contributed by atoms with van der Waals surface area (Å²) in [6.07, 6.45) is 2.64. The Bertz CT molecular complexity index is 325. The maximum Gasteiger partial charge on any atom is 0.267 e. The molecule has 0 aliphatic heterocycles. The lowest BCUT2D eigenvalue weighted by atomic mass is 10.2. The number of amides is 1. The SMILES string of the molecule is CCCC(O)CNC(=O)c1cc(Cl)c[nH]1. The van der Waals surface area contributed by atoms with Crippen molar-refractivity contribution in [3.8, 4) is 0 Å². The van der Waals surface area contributed by atoms with Gasteiger partial charge in [-0.2, -0.15) is 0 Å². The molecule has 1 atom stereocenters. The van der Waals surface area contributed by atoms with Crippen molar-refractivity contribution in [3.63, 3.8) is 0 Å². The third-order valence-electron chi connectivity index (χ3n) is 2.01. The standard InChI is InChI=1S/C10H15ClN2O2/c1-2-3-8(14)6-13-10(15)9-4-7(11)5-12-9/h4-5,8,12,14H,2-3,6H2,1H3,(H,13,15). The fourth-order valence-electron chi connectivity index (χ4n) is 1.24. The highest BCUT2D eigenvalue weighted by Crippen LogP contribution is 2.09. The van der Waals surface area contributed by atoms with Gasteiger partial charge >= 0.3 is 0 Å². The summed E-state index contributed by atoms with van der Waals surface area (Å²) < 4.78 is 0. The minimum Gasteiger partial charge on any atom is -0.391 e. The van der Waals surface area contributed by atoms with Crippen molar-refractivity contribution in [1.82, 2.24) is 10.3 Å². The number of aromatic amines is 1. The monoisotopic (exact) mass is 230 g/mol. The van der Waals surface area contributed by atoms with Crippen molar-refractivity contribution >= 4 is 17.5 Å². The summed E-state index contributed by atoms with van der Waals surface area (Å²) >= 11 is 5.66. The molecule has 5 heteroatoms. The molecular formula is C10H15ClN2O2. The molecule has 0 spiro atoms. The molecule has 1 aromatic rings. The van der Waals surface area contributed by atoms with Crippen LogP contribution >= 0.6 is 11.6 Å². The highest BCUT2D eigenvalue weighted by Gasteiger charge is 2.09. The number of aromatic nitrogens is 1. The number of carbonyl (C=O) groups excluding carboxylic acids is 1. The van der Waals surface area contributed by atoms with Crippen LogP contribution in [0.3, 0.4) is 0 Å². The topological polar surface area (TPSA) is 65.1 Å². The Morgan fingerprint density at radius 1 is 1.73 bits per heavy atom. The van der Waals surface area contributed by atoms with Gasteiger partial charge in [0, 0.05) is 12.7 Å². The van der Waals surface area contributed by atoms with E-state index in [1.54, 1.807) is 12.3 Å². The molecule has 4 nitrogen and oxygen atoms in total. The molecule has 15 heavy (non-hydrogen) atoms. The van der Waals surface area contributed by atoms with Gasteiger partial charge in [0.1, 0.15) is 5.69 Å². The van der Waals surface area contributed by atoms with Crippen molar-refractivity contribution in [3.05, 3.63) is 23.0 Å². The van der Waals surface area contributed by atoms with Crippen LogP contribution in [0.4, 0.5) is 0 Å². The quantitative estimate of drug-likeness (QED) is 0.719. The lowest BCUT2D eigenvalue weighted by molar-refractivity contribution is 0.0906. The van der Waals surface area contributed by atoms with E-state index >= 15 is 0 Å². The van der Waals surface area contributed by atoms with Crippen LogP contribution in [0.25, 0.3) is 0 Å². The lowest BCUT2D eigenvalue weighted by Crippen LogP contribution is -2.32. The molecule has 0 aliphatic rings. The molecule has 3 N–H and O–H groups in total. The van der Waals surface area contributed by atoms with E-state index in [0.717, 1.165) is 6.42 Å². The second-order valence-electron chi connectivity index (χ2n) is 3.38. The smallest absolute Gasteiger partial charge is 0.267 e. The number of aliphatic hydroxyl groups excluding tert-OH is 1. The summed E-state index contributed by atoms with van der Waals surface area (Å²) in [7, 11) is 0. The molecule has 84 valence electrons. The van der Waals surface area contributed by atoms with Crippen LogP contribution in [0.15, 0.2) is 12.3 Å². The maximum atomic E-state index is 11.5. The fourth-order valence-corrected chi connectivity index (χ4v) is 1.40. The summed E-state index contributed by atoms with van der Waals surface area (Å²) in [5.41, 5.74) is 0.406. The van der Waals surface area contributed by atoms with E-state index in [1.807, 2.05) is 6.92 Å². The number of halogens is 1. The minimum atomic E-state index is -0.482. The number of hydrogen-bond acceptors (Lipinski definition) is 2. The van der Waals surface area contributed by atoms with Gasteiger partial charge < -0.3 is 15.4 Å². The van der Waals surface area contributed by atoms with Crippen LogP contribution < -0.4 is 5.32 Å². The molecule has 0 saturated carbocycles. The number of rotatable bonds is 5. The molecule has 0 saturated heterocycles. The van der Waals surface area contributed by atoms with Gasteiger partial charge in [0.05, 0.1) is 11.1 Å². The highest BCUT2D eigenvalue weighted by molar-refractivity contribution is 6.30. The van der Waals surface area contributed by atoms with Crippen LogP contribution in [-0.2, 0) is 0 Å². The van der Waals surface area contributed by atoms with Gasteiger partial charge in [0.25, 0.3) is 5.91 Å². The van der Waals surface area contributed by atoms with Crippen LogP contribution in [0.2, 0.25) is 5.02 Å². The minimum absolute atomic E-state index is 0.253. The van der Waals surface area contributed by atoms with Crippen LogP contribution in [-0.4, -0.2) is 28.6 Å². The Balaban J connectivity index is 2.36. The van der Waals surface area contributed by atoms with Crippen molar-refractivity contribution < 1.29 is 9.90 Å². The van der Waals surface area contributed by atoms with E-state index in [2.05, 4.69) is 10.3 Å². The molecule has 0 aliphatic carbocycles. The van der Waals surface area contributed by atoms with Crippen LogP contribution in [0.1, 0.15) is 30.3 Å². The summed E-state index contributed by atoms with van der Waals surface area (Å²) in [6.45, 7) is 2.25. The van der Waals surface area contributed by atoms with E-state index in [4.69, 9.17) is 11.6 Å². The first-order valence-electron chi connectivity index (χ1n) is 4.93. The summed E-state index contributed by atoms with van der Waals surface area (Å²) in [5, 5.41) is 12.5. The third kappa shape index (κ3) is 3.93. The van der Waals surface area contributed by atoms with Crippen LogP contribution in [0.5, 0.6) is 0 Å². The Labute approximate surface area is 93.6 Å². The van der Waals surface area contributed by atoms with Gasteiger partial charge in [-0.15, -0.1) is 0 Å². The van der Waals surface area contributed by atoms with Crippen molar-refractivity contribution in [2.45, 2.75) is 25.9 Å². The van der Waals surface area contributed by atoms with E-state index < -0.39 is 6.10 Å². The second-order valence-corrected chi connectivity index (χ2v) is 3.82. The molecule has 0 bridgehead atoms. The Hall–Kier alpha value is -1.00. The molecule has 1 amide bonds. The van der Waals surface area contributed by atoms with Gasteiger partial charge in [-0.3, -0.25) is 4.79 Å². The lowest BCUT2D eigenvalue weighted by Gasteiger charge is -2.09. The predicted octanol–water partition coefficient (Wildman–Crippen LogP) is 1.56. The van der Waals surface area contributed by atoms with Gasteiger partial charge in [0.15, 0.2) is 0 Å². The third-order valence-corrected chi connectivity index (χ3v) is 2.23. The zero-order valence-corrected chi connectivity index (χ0v) is 9.34. The van der Waals surface area contributed by atoms with Gasteiger partial charge in [-0.1, -0.05) is 24.9 Å². The predicted molar refractivity (Wildman–Crippen MR) is 59.1 cm³/mol. The highest BCUT2D eigenvalue weighted by atomic mass is 35.5. The Kier molecular flexibility index (Phi) is 4.65. The molecule has 1 rings (SSSR count). The maximum absolute atomic E-state index is 11.5. The van der Waals surface area contributed by atoms with Gasteiger partial charge in [0.2, 0.25) is 0 Å². The number of H-pyrrole nitrogens is 1. The fraction of sp³-hybridized carbons (Fsp3) is 0.500. The molecule has 0 fully saturated rings. The molecular weight excluding hydrogens is 216 g/mol. The Morgan fingerprint density at radius 3 is 3.00 bits per heavy atom. The molecule has 1 unspecified atom stereocenters. The van der Waals surface area contributed by atoms with Crippen molar-refractivity contribution in [1.29, 1.82) is 0 Å². The van der Waals surface area contributed by atoms with Gasteiger partial charge in [-0.05, 0) is 12.5 Å². The number of nitrogens with one attached hydrogen (secondary N) is 2. The first-order valence-corrected chi connectivity index (χ1v) is 5.31. The van der Waals surface area contributed by atoms with E-state index in [0.29, 0.717) is 17.1 Å². The van der Waals surface area contributed by atoms with E-state index in [1.165, 1.54) is 0 Å². The average molecular weight is 231 g/mol. The summed E-state index contributed by atoms with van der Waals surface area (Å²) in [6, 6.07) is 1.54. The molecule has 0 radical (unpaired) electrons. The number of aliphatic hydroxyl groups is 1. The number of hydrogen-bond donors (Lipinski definition) is 3. The van der Waals surface area contributed by atoms with E-state index in [9.17, 15) is 9.90 Å². The van der Waals surface area contributed by atoms with Gasteiger partial charge in [-0.25, -0.2) is 0 Å². The zero-order valence-electron chi connectivity index (χ0n) is 8.59.